The number of hydrogen-bond acceptors (Lipinski definition) is 5. The minimum absolute atomic E-state index is 0.0381. The zero-order chi connectivity index (χ0) is 19.7. The summed E-state index contributed by atoms with van der Waals surface area (Å²) in [5, 5.41) is 7.97. The molecule has 1 N–H and O–H groups in total. The third-order valence-corrected chi connectivity index (χ3v) is 4.20. The van der Waals surface area contributed by atoms with Gasteiger partial charge in [0.25, 0.3) is 0 Å². The first-order valence-electron chi connectivity index (χ1n) is 8.65. The SMILES string of the molecule is O=C(Nc1nccc2nn(Cc3ccc(OCC(F)(F)F)cn3)cc12)C1CC1. The Labute approximate surface area is 157 Å². The van der Waals surface area contributed by atoms with Gasteiger partial charge in [0, 0.05) is 18.3 Å². The first-order chi connectivity index (χ1) is 13.4. The first-order valence-corrected chi connectivity index (χ1v) is 8.65. The third-order valence-electron chi connectivity index (χ3n) is 4.20. The summed E-state index contributed by atoms with van der Waals surface area (Å²) in [5.41, 5.74) is 1.27. The molecule has 0 aliphatic heterocycles. The molecule has 146 valence electrons. The van der Waals surface area contributed by atoms with E-state index in [1.54, 1.807) is 29.2 Å². The largest absolute Gasteiger partial charge is 0.483 e. The lowest BCUT2D eigenvalue weighted by Crippen LogP contribution is -2.19. The number of amides is 1. The van der Waals surface area contributed by atoms with Crippen LogP contribution >= 0.6 is 0 Å². The van der Waals surface area contributed by atoms with Gasteiger partial charge in [-0.05, 0) is 31.0 Å². The smallest absolute Gasteiger partial charge is 0.422 e. The minimum Gasteiger partial charge on any atom is -0.483 e. The van der Waals surface area contributed by atoms with E-state index in [4.69, 9.17) is 0 Å². The van der Waals surface area contributed by atoms with Crippen LogP contribution in [0.3, 0.4) is 0 Å². The number of halogens is 3. The van der Waals surface area contributed by atoms with Gasteiger partial charge in [0.2, 0.25) is 5.91 Å². The first kappa shape index (κ1) is 18.2. The molecule has 3 aromatic heterocycles. The highest BCUT2D eigenvalue weighted by Crippen LogP contribution is 2.31. The number of nitrogens with one attached hydrogen (secondary N) is 1. The molecule has 1 saturated carbocycles. The maximum Gasteiger partial charge on any atom is 0.422 e. The zero-order valence-corrected chi connectivity index (χ0v) is 14.6. The van der Waals surface area contributed by atoms with Crippen LogP contribution in [0.5, 0.6) is 5.75 Å². The van der Waals surface area contributed by atoms with Gasteiger partial charge in [0.05, 0.1) is 29.3 Å². The number of carbonyl (C=O) groups is 1. The Morgan fingerprint density at radius 2 is 2.07 bits per heavy atom. The van der Waals surface area contributed by atoms with Crippen molar-refractivity contribution >= 4 is 22.6 Å². The Morgan fingerprint density at radius 3 is 2.75 bits per heavy atom. The normalized spacial score (nSPS) is 14.2. The summed E-state index contributed by atoms with van der Waals surface area (Å²) in [5.74, 6) is 0.531. The molecule has 1 aliphatic rings. The van der Waals surface area contributed by atoms with Crippen molar-refractivity contribution in [3.05, 3.63) is 42.5 Å². The summed E-state index contributed by atoms with van der Waals surface area (Å²) in [4.78, 5) is 20.3. The Hall–Kier alpha value is -3.17. The van der Waals surface area contributed by atoms with Crippen LogP contribution in [-0.4, -0.2) is 38.4 Å². The number of carbonyl (C=O) groups excluding carboxylic acids is 1. The summed E-state index contributed by atoms with van der Waals surface area (Å²) in [7, 11) is 0. The molecule has 4 rings (SSSR count). The van der Waals surface area contributed by atoms with Crippen molar-refractivity contribution in [2.45, 2.75) is 25.6 Å². The predicted molar refractivity (Wildman–Crippen MR) is 93.8 cm³/mol. The Morgan fingerprint density at radius 1 is 1.25 bits per heavy atom. The van der Waals surface area contributed by atoms with Gasteiger partial charge in [-0.3, -0.25) is 14.5 Å². The number of pyridine rings is 2. The van der Waals surface area contributed by atoms with Gasteiger partial charge in [0.1, 0.15) is 11.6 Å². The van der Waals surface area contributed by atoms with E-state index >= 15 is 0 Å². The predicted octanol–water partition coefficient (Wildman–Crippen LogP) is 3.16. The second-order valence-corrected chi connectivity index (χ2v) is 6.57. The van der Waals surface area contributed by atoms with Crippen LogP contribution in [-0.2, 0) is 11.3 Å². The molecule has 0 saturated heterocycles. The molecule has 0 aromatic carbocycles. The number of alkyl halides is 3. The Bertz CT molecular complexity index is 997. The van der Waals surface area contributed by atoms with Crippen LogP contribution in [0, 0.1) is 5.92 Å². The van der Waals surface area contributed by atoms with Crippen LogP contribution in [0.25, 0.3) is 10.9 Å². The van der Waals surface area contributed by atoms with Gasteiger partial charge in [-0.15, -0.1) is 0 Å². The molecule has 0 atom stereocenters. The number of fused-ring (bicyclic) bond motifs is 1. The van der Waals surface area contributed by atoms with Crippen LogP contribution < -0.4 is 10.1 Å². The van der Waals surface area contributed by atoms with Crippen molar-refractivity contribution in [1.82, 2.24) is 19.7 Å². The minimum atomic E-state index is -4.39. The van der Waals surface area contributed by atoms with Crippen LogP contribution in [0.4, 0.5) is 19.0 Å². The van der Waals surface area contributed by atoms with E-state index in [0.717, 1.165) is 12.8 Å². The van der Waals surface area contributed by atoms with Crippen molar-refractivity contribution < 1.29 is 22.7 Å². The van der Waals surface area contributed by atoms with Gasteiger partial charge < -0.3 is 10.1 Å². The van der Waals surface area contributed by atoms with Crippen molar-refractivity contribution in [2.24, 2.45) is 5.92 Å². The summed E-state index contributed by atoms with van der Waals surface area (Å²) in [6.45, 7) is -1.05. The van der Waals surface area contributed by atoms with Crippen molar-refractivity contribution in [2.75, 3.05) is 11.9 Å². The topological polar surface area (TPSA) is 81.9 Å². The maximum atomic E-state index is 12.2. The van der Waals surface area contributed by atoms with Gasteiger partial charge in [-0.25, -0.2) is 4.98 Å². The quantitative estimate of drug-likeness (QED) is 0.698. The number of aromatic nitrogens is 4. The fourth-order valence-electron chi connectivity index (χ4n) is 2.66. The molecule has 0 spiro atoms. The highest BCUT2D eigenvalue weighted by atomic mass is 19.4. The molecule has 0 unspecified atom stereocenters. The lowest BCUT2D eigenvalue weighted by atomic mass is 10.3. The van der Waals surface area contributed by atoms with Gasteiger partial charge in [0.15, 0.2) is 6.61 Å². The molecule has 10 heteroatoms. The van der Waals surface area contributed by atoms with E-state index in [1.165, 1.54) is 12.3 Å². The molecule has 1 aliphatic carbocycles. The van der Waals surface area contributed by atoms with Gasteiger partial charge in [-0.2, -0.15) is 18.3 Å². The lowest BCUT2D eigenvalue weighted by Gasteiger charge is -2.09. The van der Waals surface area contributed by atoms with Crippen molar-refractivity contribution in [3.8, 4) is 5.75 Å². The van der Waals surface area contributed by atoms with E-state index in [0.29, 0.717) is 29.0 Å². The Kier molecular flexibility index (Phi) is 4.62. The monoisotopic (exact) mass is 391 g/mol. The number of hydrogen-bond donors (Lipinski definition) is 1. The van der Waals surface area contributed by atoms with E-state index in [9.17, 15) is 18.0 Å². The van der Waals surface area contributed by atoms with E-state index in [2.05, 4.69) is 25.1 Å². The summed E-state index contributed by atoms with van der Waals surface area (Å²) in [6, 6.07) is 4.74. The van der Waals surface area contributed by atoms with Crippen LogP contribution in [0.1, 0.15) is 18.5 Å². The van der Waals surface area contributed by atoms with Crippen LogP contribution in [0.15, 0.2) is 36.8 Å². The molecule has 7 nitrogen and oxygen atoms in total. The summed E-state index contributed by atoms with van der Waals surface area (Å²) >= 11 is 0. The molecule has 0 radical (unpaired) electrons. The maximum absolute atomic E-state index is 12.2. The van der Waals surface area contributed by atoms with Gasteiger partial charge >= 0.3 is 6.18 Å². The second kappa shape index (κ2) is 7.10. The number of rotatable bonds is 6. The second-order valence-electron chi connectivity index (χ2n) is 6.57. The van der Waals surface area contributed by atoms with Crippen molar-refractivity contribution in [1.29, 1.82) is 0 Å². The molecular formula is C18H16F3N5O2. The molecular weight excluding hydrogens is 375 g/mol. The molecule has 3 aromatic rings. The van der Waals surface area contributed by atoms with E-state index in [1.807, 2.05) is 0 Å². The molecule has 3 heterocycles. The summed E-state index contributed by atoms with van der Waals surface area (Å²) < 4.78 is 42.8. The number of ether oxygens (including phenoxy) is 1. The fraction of sp³-hybridized carbons (Fsp3) is 0.333. The molecule has 0 bridgehead atoms. The highest BCUT2D eigenvalue weighted by molar-refractivity contribution is 6.00. The summed E-state index contributed by atoms with van der Waals surface area (Å²) in [6.07, 6.45) is 1.97. The average molecular weight is 391 g/mol. The molecule has 28 heavy (non-hydrogen) atoms. The highest BCUT2D eigenvalue weighted by Gasteiger charge is 2.30. The fourth-order valence-corrected chi connectivity index (χ4v) is 2.66. The van der Waals surface area contributed by atoms with E-state index in [-0.39, 0.29) is 17.6 Å². The van der Waals surface area contributed by atoms with Gasteiger partial charge in [-0.1, -0.05) is 0 Å². The number of anilines is 1. The third kappa shape index (κ3) is 4.38. The lowest BCUT2D eigenvalue weighted by molar-refractivity contribution is -0.153. The molecule has 1 amide bonds. The molecule has 1 fully saturated rings. The van der Waals surface area contributed by atoms with E-state index < -0.39 is 12.8 Å². The van der Waals surface area contributed by atoms with Crippen LogP contribution in [0.2, 0.25) is 0 Å². The average Bonchev–Trinajstić information content (AvgIpc) is 3.41. The Balaban J connectivity index is 1.46. The number of nitrogens with zero attached hydrogens (tertiary/aromatic N) is 4. The zero-order valence-electron chi connectivity index (χ0n) is 14.6. The standard InChI is InChI=1S/C18H16F3N5O2/c19-18(20,21)10-28-13-4-3-12(23-7-13)8-26-9-14-15(25-26)5-6-22-16(14)24-17(27)11-1-2-11/h3-7,9,11H,1-2,8,10H2,(H,22,24,27). The van der Waals surface area contributed by atoms with Crippen molar-refractivity contribution in [3.63, 3.8) is 0 Å².